The number of benzene rings is 2. The molecule has 4 rings (SSSR count). The van der Waals surface area contributed by atoms with Crippen LogP contribution in [0.15, 0.2) is 69.0 Å². The fraction of sp³-hybridized carbons (Fsp3) is 0.261. The molecule has 2 aromatic heterocycles. The van der Waals surface area contributed by atoms with Gasteiger partial charge in [-0.15, -0.1) is 10.2 Å². The second-order valence-electron chi connectivity index (χ2n) is 8.02. The van der Waals surface area contributed by atoms with Crippen molar-refractivity contribution < 1.29 is 9.15 Å². The molecule has 0 aliphatic rings. The highest BCUT2D eigenvalue weighted by molar-refractivity contribution is 7.98. The van der Waals surface area contributed by atoms with E-state index in [1.54, 1.807) is 6.07 Å². The number of thioether (sulfide) groups is 1. The van der Waals surface area contributed by atoms with Crippen molar-refractivity contribution in [3.63, 3.8) is 0 Å². The van der Waals surface area contributed by atoms with Crippen molar-refractivity contribution in [3.05, 3.63) is 82.0 Å². The summed E-state index contributed by atoms with van der Waals surface area (Å²) in [7, 11) is 0. The van der Waals surface area contributed by atoms with Crippen LogP contribution in [0.2, 0.25) is 0 Å². The molecule has 154 valence electrons. The summed E-state index contributed by atoms with van der Waals surface area (Å²) in [6, 6.07) is 17.4. The monoisotopic (exact) mass is 421 g/mol. The Morgan fingerprint density at radius 1 is 1.07 bits per heavy atom. The van der Waals surface area contributed by atoms with Crippen LogP contribution in [0, 0.1) is 0 Å². The molecule has 0 saturated heterocycles. The Kier molecular flexibility index (Phi) is 5.63. The predicted molar refractivity (Wildman–Crippen MR) is 118 cm³/mol. The molecule has 30 heavy (non-hydrogen) atoms. The number of aromatic nitrogens is 3. The van der Waals surface area contributed by atoms with Gasteiger partial charge < -0.3 is 14.1 Å². The Balaban J connectivity index is 1.38. The van der Waals surface area contributed by atoms with E-state index in [9.17, 15) is 4.79 Å². The predicted octanol–water partition coefficient (Wildman–Crippen LogP) is 5.08. The molecule has 0 saturated carbocycles. The third-order valence-electron chi connectivity index (χ3n) is 4.72. The van der Waals surface area contributed by atoms with Gasteiger partial charge >= 0.3 is 0 Å². The third-order valence-corrected chi connectivity index (χ3v) is 5.59. The van der Waals surface area contributed by atoms with Gasteiger partial charge in [0.25, 0.3) is 11.1 Å². The number of para-hydroxylation sites is 1. The topological polar surface area (TPSA) is 81.0 Å². The fourth-order valence-electron chi connectivity index (χ4n) is 3.09. The van der Waals surface area contributed by atoms with Gasteiger partial charge in [0.1, 0.15) is 5.75 Å². The molecule has 0 amide bonds. The molecule has 6 nitrogen and oxygen atoms in total. The average molecular weight is 422 g/mol. The van der Waals surface area contributed by atoms with Gasteiger partial charge in [0.15, 0.2) is 6.61 Å². The van der Waals surface area contributed by atoms with Gasteiger partial charge in [-0.2, -0.15) is 0 Å². The highest BCUT2D eigenvalue weighted by Gasteiger charge is 2.14. The highest BCUT2D eigenvalue weighted by atomic mass is 32.2. The van der Waals surface area contributed by atoms with Gasteiger partial charge in [-0.25, -0.2) is 0 Å². The highest BCUT2D eigenvalue weighted by Crippen LogP contribution is 2.26. The fourth-order valence-corrected chi connectivity index (χ4v) is 3.86. The van der Waals surface area contributed by atoms with Crippen molar-refractivity contribution in [3.8, 4) is 5.75 Å². The first-order chi connectivity index (χ1) is 14.4. The summed E-state index contributed by atoms with van der Waals surface area (Å²) in [5, 5.41) is 9.57. The lowest BCUT2D eigenvalue weighted by atomic mass is 9.87. The Bertz CT molecular complexity index is 1210. The maximum absolute atomic E-state index is 11.9. The zero-order valence-electron chi connectivity index (χ0n) is 17.1. The molecule has 0 aliphatic carbocycles. The maximum atomic E-state index is 11.9. The zero-order chi connectivity index (χ0) is 21.1. The van der Waals surface area contributed by atoms with E-state index >= 15 is 0 Å². The lowest BCUT2D eigenvalue weighted by Gasteiger charge is -2.19. The first-order valence-electron chi connectivity index (χ1n) is 9.68. The number of ether oxygens (including phenoxy) is 1. The number of aromatic amines is 1. The van der Waals surface area contributed by atoms with E-state index in [4.69, 9.17) is 9.15 Å². The molecule has 7 heteroatoms. The minimum Gasteiger partial charge on any atom is -0.484 e. The van der Waals surface area contributed by atoms with Gasteiger partial charge in [0.05, 0.1) is 0 Å². The lowest BCUT2D eigenvalue weighted by molar-refractivity contribution is 0.252. The standard InChI is InChI=1S/C23H23N3O3S/c1-23(2,3)16-8-10-17(11-9-16)28-13-21-25-26-22(29-21)30-14-15-12-20(27)24-19-7-5-4-6-18(15)19/h4-12H,13-14H2,1-3H3,(H,24,27). The number of nitrogens with zero attached hydrogens (tertiary/aromatic N) is 2. The number of fused-ring (bicyclic) bond motifs is 1. The molecule has 2 aromatic carbocycles. The van der Waals surface area contributed by atoms with Crippen LogP contribution in [0.5, 0.6) is 5.75 Å². The van der Waals surface area contributed by atoms with E-state index in [1.165, 1.54) is 17.3 Å². The molecule has 2 heterocycles. The second-order valence-corrected chi connectivity index (χ2v) is 8.94. The van der Waals surface area contributed by atoms with Crippen LogP contribution in [-0.2, 0) is 17.8 Å². The van der Waals surface area contributed by atoms with Gasteiger partial charge in [-0.3, -0.25) is 4.79 Å². The number of nitrogens with one attached hydrogen (secondary N) is 1. The summed E-state index contributed by atoms with van der Waals surface area (Å²) in [5.41, 5.74) is 2.97. The zero-order valence-corrected chi connectivity index (χ0v) is 18.0. The number of rotatable bonds is 6. The smallest absolute Gasteiger partial charge is 0.277 e. The molecule has 0 fully saturated rings. The van der Waals surface area contributed by atoms with E-state index in [1.807, 2.05) is 36.4 Å². The number of hydrogen-bond acceptors (Lipinski definition) is 6. The first-order valence-corrected chi connectivity index (χ1v) is 10.7. The second kappa shape index (κ2) is 8.36. The largest absolute Gasteiger partial charge is 0.484 e. The molecule has 0 bridgehead atoms. The quantitative estimate of drug-likeness (QED) is 0.437. The Morgan fingerprint density at radius 2 is 1.83 bits per heavy atom. The molecule has 0 aliphatic heterocycles. The van der Waals surface area contributed by atoms with E-state index in [0.717, 1.165) is 22.2 Å². The van der Waals surface area contributed by atoms with Gasteiger partial charge in [0, 0.05) is 22.7 Å². The normalized spacial score (nSPS) is 11.7. The van der Waals surface area contributed by atoms with Crippen molar-refractivity contribution in [2.75, 3.05) is 0 Å². The van der Waals surface area contributed by atoms with Crippen LogP contribution in [-0.4, -0.2) is 15.2 Å². The number of hydrogen-bond donors (Lipinski definition) is 1. The molecule has 0 radical (unpaired) electrons. The van der Waals surface area contributed by atoms with Gasteiger partial charge in [-0.1, -0.05) is 62.9 Å². The maximum Gasteiger partial charge on any atom is 0.277 e. The van der Waals surface area contributed by atoms with Crippen molar-refractivity contribution >= 4 is 22.7 Å². The van der Waals surface area contributed by atoms with Crippen molar-refractivity contribution in [2.24, 2.45) is 0 Å². The van der Waals surface area contributed by atoms with Gasteiger partial charge in [0.2, 0.25) is 5.56 Å². The summed E-state index contributed by atoms with van der Waals surface area (Å²) in [5.74, 6) is 1.72. The van der Waals surface area contributed by atoms with Crippen LogP contribution in [0.4, 0.5) is 0 Å². The number of pyridine rings is 1. The van der Waals surface area contributed by atoms with Gasteiger partial charge in [-0.05, 0) is 34.7 Å². The lowest BCUT2D eigenvalue weighted by Crippen LogP contribution is -2.10. The van der Waals surface area contributed by atoms with Crippen molar-refractivity contribution in [2.45, 2.75) is 43.8 Å². The minimum atomic E-state index is -0.124. The summed E-state index contributed by atoms with van der Waals surface area (Å²) in [4.78, 5) is 14.7. The minimum absolute atomic E-state index is 0.103. The van der Waals surface area contributed by atoms with Crippen LogP contribution >= 0.6 is 11.8 Å². The molecule has 0 atom stereocenters. The van der Waals surface area contributed by atoms with E-state index in [0.29, 0.717) is 16.9 Å². The summed E-state index contributed by atoms with van der Waals surface area (Å²) in [6.45, 7) is 6.73. The van der Waals surface area contributed by atoms with Crippen molar-refractivity contribution in [1.29, 1.82) is 0 Å². The SMILES string of the molecule is CC(C)(C)c1ccc(OCc2nnc(SCc3cc(=O)[nH]c4ccccc34)o2)cc1. The van der Waals surface area contributed by atoms with Crippen molar-refractivity contribution in [1.82, 2.24) is 15.2 Å². The average Bonchev–Trinajstić information content (AvgIpc) is 3.18. The number of H-pyrrole nitrogens is 1. The third kappa shape index (κ3) is 4.74. The van der Waals surface area contributed by atoms with Crippen LogP contribution < -0.4 is 10.3 Å². The van der Waals surface area contributed by atoms with Crippen LogP contribution in [0.1, 0.15) is 37.8 Å². The molecule has 4 aromatic rings. The Hall–Kier alpha value is -3.06. The summed E-state index contributed by atoms with van der Waals surface area (Å²) in [6.07, 6.45) is 0. The van der Waals surface area contributed by atoms with Crippen LogP contribution in [0.3, 0.4) is 0 Å². The van der Waals surface area contributed by atoms with E-state index < -0.39 is 0 Å². The van der Waals surface area contributed by atoms with E-state index in [2.05, 4.69) is 48.1 Å². The van der Waals surface area contributed by atoms with Crippen LogP contribution in [0.25, 0.3) is 10.9 Å². The summed E-state index contributed by atoms with van der Waals surface area (Å²) >= 11 is 1.40. The summed E-state index contributed by atoms with van der Waals surface area (Å²) < 4.78 is 11.4. The molecular weight excluding hydrogens is 398 g/mol. The molecule has 1 N–H and O–H groups in total. The Labute approximate surface area is 178 Å². The molecule has 0 unspecified atom stereocenters. The van der Waals surface area contributed by atoms with E-state index in [-0.39, 0.29) is 17.6 Å². The molecule has 0 spiro atoms. The first kappa shape index (κ1) is 20.2. The molecular formula is C23H23N3O3S. The Morgan fingerprint density at radius 3 is 2.60 bits per heavy atom.